The Morgan fingerprint density at radius 1 is 1.03 bits per heavy atom. The lowest BCUT2D eigenvalue weighted by Gasteiger charge is -2.33. The van der Waals surface area contributed by atoms with Crippen LogP contribution in [0.2, 0.25) is 0 Å². The molecule has 0 saturated carbocycles. The fourth-order valence-corrected chi connectivity index (χ4v) is 3.32. The van der Waals surface area contributed by atoms with Crippen LogP contribution in [0.3, 0.4) is 0 Å². The Labute approximate surface area is 169 Å². The van der Waals surface area contributed by atoms with Gasteiger partial charge < -0.3 is 20.7 Å². The minimum absolute atomic E-state index is 0.0998. The molecule has 0 aliphatic carbocycles. The lowest BCUT2D eigenvalue weighted by atomic mass is 10.0. The van der Waals surface area contributed by atoms with Gasteiger partial charge in [0.05, 0.1) is 17.4 Å². The van der Waals surface area contributed by atoms with Crippen LogP contribution in [0.1, 0.15) is 25.0 Å². The van der Waals surface area contributed by atoms with Crippen molar-refractivity contribution in [3.8, 4) is 5.75 Å². The van der Waals surface area contributed by atoms with Gasteiger partial charge in [-0.2, -0.15) is 4.98 Å². The molecule has 1 aliphatic heterocycles. The lowest BCUT2D eigenvalue weighted by Crippen LogP contribution is -2.40. The first-order valence-electron chi connectivity index (χ1n) is 9.47. The molecule has 0 saturated heterocycles. The second-order valence-electron chi connectivity index (χ2n) is 8.03. The van der Waals surface area contributed by atoms with Gasteiger partial charge in [0.25, 0.3) is 0 Å². The second-order valence-corrected chi connectivity index (χ2v) is 8.03. The molecule has 0 unspecified atom stereocenters. The summed E-state index contributed by atoms with van der Waals surface area (Å²) in [7, 11) is 0. The molecule has 6 nitrogen and oxygen atoms in total. The van der Waals surface area contributed by atoms with Gasteiger partial charge in [0.1, 0.15) is 12.4 Å². The van der Waals surface area contributed by atoms with Gasteiger partial charge >= 0.3 is 0 Å². The Hall–Kier alpha value is -3.35. The first-order chi connectivity index (χ1) is 13.8. The number of rotatable bonds is 4. The average Bonchev–Trinajstić information content (AvgIpc) is 2.62. The van der Waals surface area contributed by atoms with E-state index in [9.17, 15) is 4.39 Å². The quantitative estimate of drug-likeness (QED) is 0.559. The summed E-state index contributed by atoms with van der Waals surface area (Å²) in [6.45, 7) is 8.74. The third-order valence-electron chi connectivity index (χ3n) is 4.53. The molecule has 29 heavy (non-hydrogen) atoms. The Kier molecular flexibility index (Phi) is 4.74. The summed E-state index contributed by atoms with van der Waals surface area (Å²) in [5.74, 6) is 0.663. The van der Waals surface area contributed by atoms with Crippen molar-refractivity contribution < 1.29 is 9.13 Å². The predicted octanol–water partition coefficient (Wildman–Crippen LogP) is 5.30. The van der Waals surface area contributed by atoms with Crippen LogP contribution in [0.15, 0.2) is 42.6 Å². The third kappa shape index (κ3) is 4.39. The van der Waals surface area contributed by atoms with E-state index in [0.29, 0.717) is 18.2 Å². The SMILES string of the molecule is Cc1cc(C)cc(Nc2ncc(F)c(Nc3ccc4c(c3)NC(C)(C)CO4)n2)c1. The van der Waals surface area contributed by atoms with Crippen LogP contribution in [0.5, 0.6) is 5.75 Å². The molecular formula is C22H24FN5O. The first kappa shape index (κ1) is 19.0. The summed E-state index contributed by atoms with van der Waals surface area (Å²) in [5, 5.41) is 9.60. The normalized spacial score (nSPS) is 14.4. The van der Waals surface area contributed by atoms with Crippen molar-refractivity contribution in [2.45, 2.75) is 33.2 Å². The van der Waals surface area contributed by atoms with E-state index in [2.05, 4.69) is 45.8 Å². The summed E-state index contributed by atoms with van der Waals surface area (Å²) >= 11 is 0. The fourth-order valence-electron chi connectivity index (χ4n) is 3.32. The Balaban J connectivity index is 1.57. The van der Waals surface area contributed by atoms with Gasteiger partial charge in [-0.15, -0.1) is 0 Å². The van der Waals surface area contributed by atoms with E-state index in [0.717, 1.165) is 34.4 Å². The van der Waals surface area contributed by atoms with E-state index in [1.165, 1.54) is 0 Å². The zero-order chi connectivity index (χ0) is 20.6. The number of nitrogens with zero attached hydrogens (tertiary/aromatic N) is 2. The molecule has 7 heteroatoms. The Morgan fingerprint density at radius 3 is 2.55 bits per heavy atom. The Morgan fingerprint density at radius 2 is 1.79 bits per heavy atom. The number of nitrogens with one attached hydrogen (secondary N) is 3. The average molecular weight is 393 g/mol. The van der Waals surface area contributed by atoms with E-state index < -0.39 is 5.82 Å². The highest BCUT2D eigenvalue weighted by Gasteiger charge is 2.25. The zero-order valence-electron chi connectivity index (χ0n) is 16.9. The Bertz CT molecular complexity index is 1050. The van der Waals surface area contributed by atoms with Crippen LogP contribution in [0.4, 0.5) is 33.2 Å². The summed E-state index contributed by atoms with van der Waals surface area (Å²) in [6.07, 6.45) is 1.16. The topological polar surface area (TPSA) is 71.1 Å². The molecule has 1 aliphatic rings. The van der Waals surface area contributed by atoms with Crippen molar-refractivity contribution in [2.75, 3.05) is 22.6 Å². The molecule has 0 atom stereocenters. The van der Waals surface area contributed by atoms with Crippen molar-refractivity contribution >= 4 is 28.8 Å². The van der Waals surface area contributed by atoms with Crippen LogP contribution in [-0.2, 0) is 0 Å². The first-order valence-corrected chi connectivity index (χ1v) is 9.47. The van der Waals surface area contributed by atoms with Gasteiger partial charge in [-0.3, -0.25) is 0 Å². The summed E-state index contributed by atoms with van der Waals surface area (Å²) in [4.78, 5) is 8.36. The molecule has 1 aromatic heterocycles. The monoisotopic (exact) mass is 393 g/mol. The molecule has 3 aromatic rings. The van der Waals surface area contributed by atoms with E-state index in [4.69, 9.17) is 4.74 Å². The molecule has 0 spiro atoms. The number of hydrogen-bond acceptors (Lipinski definition) is 6. The lowest BCUT2D eigenvalue weighted by molar-refractivity contribution is 0.242. The molecule has 0 fully saturated rings. The van der Waals surface area contributed by atoms with Crippen LogP contribution < -0.4 is 20.7 Å². The predicted molar refractivity (Wildman–Crippen MR) is 114 cm³/mol. The standard InChI is InChI=1S/C22H24FN5O/c1-13-7-14(2)9-16(8-13)26-21-24-11-17(23)20(27-21)25-15-5-6-19-18(10-15)28-22(3,4)12-29-19/h5-11,28H,12H2,1-4H3,(H2,24,25,26,27). The number of anilines is 5. The van der Waals surface area contributed by atoms with Gasteiger partial charge in [0, 0.05) is 11.4 Å². The van der Waals surface area contributed by atoms with E-state index >= 15 is 0 Å². The van der Waals surface area contributed by atoms with Crippen molar-refractivity contribution in [3.63, 3.8) is 0 Å². The number of halogens is 1. The minimum atomic E-state index is -0.529. The van der Waals surface area contributed by atoms with Gasteiger partial charge in [-0.1, -0.05) is 6.07 Å². The molecule has 3 N–H and O–H groups in total. The van der Waals surface area contributed by atoms with Crippen molar-refractivity contribution in [1.29, 1.82) is 0 Å². The van der Waals surface area contributed by atoms with E-state index in [-0.39, 0.29) is 11.4 Å². The number of hydrogen-bond donors (Lipinski definition) is 3. The zero-order valence-corrected chi connectivity index (χ0v) is 16.9. The number of aromatic nitrogens is 2. The highest BCUT2D eigenvalue weighted by Crippen LogP contribution is 2.35. The van der Waals surface area contributed by atoms with Crippen molar-refractivity contribution in [2.24, 2.45) is 0 Å². The molecule has 2 heterocycles. The van der Waals surface area contributed by atoms with Gasteiger partial charge in [-0.05, 0) is 69.2 Å². The molecule has 2 aromatic carbocycles. The van der Waals surface area contributed by atoms with Gasteiger partial charge in [0.2, 0.25) is 5.95 Å². The maximum atomic E-state index is 14.3. The highest BCUT2D eigenvalue weighted by molar-refractivity contribution is 5.70. The number of fused-ring (bicyclic) bond motifs is 1. The molecule has 150 valence electrons. The van der Waals surface area contributed by atoms with Gasteiger partial charge in [0.15, 0.2) is 11.6 Å². The van der Waals surface area contributed by atoms with Gasteiger partial charge in [-0.25, -0.2) is 9.37 Å². The largest absolute Gasteiger partial charge is 0.489 e. The van der Waals surface area contributed by atoms with Crippen molar-refractivity contribution in [1.82, 2.24) is 9.97 Å². The number of ether oxygens (including phenoxy) is 1. The minimum Gasteiger partial charge on any atom is -0.489 e. The second kappa shape index (κ2) is 7.24. The summed E-state index contributed by atoms with van der Waals surface area (Å²) < 4.78 is 20.1. The summed E-state index contributed by atoms with van der Waals surface area (Å²) in [5.41, 5.74) is 4.49. The summed E-state index contributed by atoms with van der Waals surface area (Å²) in [6, 6.07) is 11.6. The maximum absolute atomic E-state index is 14.3. The molecule has 0 amide bonds. The fraction of sp³-hybridized carbons (Fsp3) is 0.273. The van der Waals surface area contributed by atoms with Crippen molar-refractivity contribution in [3.05, 3.63) is 59.5 Å². The highest BCUT2D eigenvalue weighted by atomic mass is 19.1. The molecule has 4 rings (SSSR count). The number of benzene rings is 2. The molecule has 0 radical (unpaired) electrons. The van der Waals surface area contributed by atoms with E-state index in [1.54, 1.807) is 0 Å². The molecular weight excluding hydrogens is 369 g/mol. The van der Waals surface area contributed by atoms with Crippen LogP contribution in [0.25, 0.3) is 0 Å². The van der Waals surface area contributed by atoms with Crippen LogP contribution in [-0.4, -0.2) is 22.1 Å². The molecule has 0 bridgehead atoms. The third-order valence-corrected chi connectivity index (χ3v) is 4.53. The smallest absolute Gasteiger partial charge is 0.229 e. The number of aryl methyl sites for hydroxylation is 2. The van der Waals surface area contributed by atoms with Crippen LogP contribution in [0, 0.1) is 19.7 Å². The van der Waals surface area contributed by atoms with E-state index in [1.807, 2.05) is 44.2 Å². The maximum Gasteiger partial charge on any atom is 0.229 e. The van der Waals surface area contributed by atoms with Crippen LogP contribution >= 0.6 is 0 Å².